The molecule has 3 nitrogen and oxygen atoms in total. The summed E-state index contributed by atoms with van der Waals surface area (Å²) in [6.07, 6.45) is 2.91. The van der Waals surface area contributed by atoms with Crippen LogP contribution in [0.15, 0.2) is 30.3 Å². The Kier molecular flexibility index (Phi) is 4.13. The molecule has 1 fully saturated rings. The van der Waals surface area contributed by atoms with Crippen LogP contribution < -0.4 is 0 Å². The SMILES string of the molecule is CC(=O)CC1CCCN1C(=O)Cc1ccccc1. The van der Waals surface area contributed by atoms with Crippen LogP contribution in [0.1, 0.15) is 31.7 Å². The van der Waals surface area contributed by atoms with Crippen molar-refractivity contribution >= 4 is 11.7 Å². The second-order valence-corrected chi connectivity index (χ2v) is 4.95. The zero-order valence-corrected chi connectivity index (χ0v) is 10.8. The normalized spacial score (nSPS) is 18.9. The van der Waals surface area contributed by atoms with Gasteiger partial charge in [-0.05, 0) is 25.3 Å². The maximum Gasteiger partial charge on any atom is 0.227 e. The van der Waals surface area contributed by atoms with E-state index in [1.807, 2.05) is 35.2 Å². The highest BCUT2D eigenvalue weighted by Gasteiger charge is 2.29. The Morgan fingerprint density at radius 3 is 2.67 bits per heavy atom. The molecule has 1 aliphatic rings. The van der Waals surface area contributed by atoms with Crippen molar-refractivity contribution in [2.24, 2.45) is 0 Å². The summed E-state index contributed by atoms with van der Waals surface area (Å²) in [4.78, 5) is 25.3. The maximum atomic E-state index is 12.2. The molecule has 1 aliphatic heterocycles. The van der Waals surface area contributed by atoms with E-state index in [9.17, 15) is 9.59 Å². The number of likely N-dealkylation sites (tertiary alicyclic amines) is 1. The molecule has 2 rings (SSSR count). The maximum absolute atomic E-state index is 12.2. The van der Waals surface area contributed by atoms with E-state index in [0.29, 0.717) is 12.8 Å². The Morgan fingerprint density at radius 2 is 2.00 bits per heavy atom. The van der Waals surface area contributed by atoms with Crippen molar-refractivity contribution in [2.45, 2.75) is 38.6 Å². The number of carbonyl (C=O) groups is 2. The molecule has 1 saturated heterocycles. The molecule has 1 heterocycles. The first-order valence-corrected chi connectivity index (χ1v) is 6.49. The smallest absolute Gasteiger partial charge is 0.227 e. The second kappa shape index (κ2) is 5.80. The average Bonchev–Trinajstić information content (AvgIpc) is 2.77. The molecule has 96 valence electrons. The summed E-state index contributed by atoms with van der Waals surface area (Å²) in [6, 6.07) is 9.89. The fourth-order valence-electron chi connectivity index (χ4n) is 2.58. The Labute approximate surface area is 108 Å². The Hall–Kier alpha value is -1.64. The quantitative estimate of drug-likeness (QED) is 0.815. The van der Waals surface area contributed by atoms with Gasteiger partial charge in [-0.3, -0.25) is 9.59 Å². The summed E-state index contributed by atoms with van der Waals surface area (Å²) >= 11 is 0. The lowest BCUT2D eigenvalue weighted by Gasteiger charge is -2.24. The zero-order chi connectivity index (χ0) is 13.0. The molecular weight excluding hydrogens is 226 g/mol. The van der Waals surface area contributed by atoms with Crippen LogP contribution in [0.5, 0.6) is 0 Å². The monoisotopic (exact) mass is 245 g/mol. The lowest BCUT2D eigenvalue weighted by Crippen LogP contribution is -2.37. The summed E-state index contributed by atoms with van der Waals surface area (Å²) in [5.74, 6) is 0.310. The molecule has 3 heteroatoms. The van der Waals surface area contributed by atoms with E-state index < -0.39 is 0 Å². The minimum absolute atomic E-state index is 0.124. The standard InChI is InChI=1S/C15H19NO2/c1-12(17)10-14-8-5-9-16(14)15(18)11-13-6-3-2-4-7-13/h2-4,6-7,14H,5,8-11H2,1H3. The summed E-state index contributed by atoms with van der Waals surface area (Å²) in [5, 5.41) is 0. The highest BCUT2D eigenvalue weighted by atomic mass is 16.2. The van der Waals surface area contributed by atoms with Crippen molar-refractivity contribution in [3.63, 3.8) is 0 Å². The number of ketones is 1. The molecule has 1 unspecified atom stereocenters. The third-order valence-electron chi connectivity index (χ3n) is 3.42. The third-order valence-corrected chi connectivity index (χ3v) is 3.42. The molecule has 0 radical (unpaired) electrons. The number of nitrogens with zero attached hydrogens (tertiary/aromatic N) is 1. The van der Waals surface area contributed by atoms with E-state index in [2.05, 4.69) is 0 Å². The van der Waals surface area contributed by atoms with Gasteiger partial charge >= 0.3 is 0 Å². The van der Waals surface area contributed by atoms with Crippen molar-refractivity contribution in [1.29, 1.82) is 0 Å². The van der Waals surface area contributed by atoms with Crippen molar-refractivity contribution in [3.8, 4) is 0 Å². The van der Waals surface area contributed by atoms with E-state index in [1.165, 1.54) is 0 Å². The first-order chi connectivity index (χ1) is 8.66. The predicted octanol–water partition coefficient (Wildman–Crippen LogP) is 2.20. The number of Topliss-reactive ketones (excluding diaryl/α,β-unsaturated/α-hetero) is 1. The van der Waals surface area contributed by atoms with Gasteiger partial charge in [0.1, 0.15) is 5.78 Å². The Morgan fingerprint density at radius 1 is 1.28 bits per heavy atom. The lowest BCUT2D eigenvalue weighted by atomic mass is 10.1. The zero-order valence-electron chi connectivity index (χ0n) is 10.8. The fraction of sp³-hybridized carbons (Fsp3) is 0.467. The van der Waals surface area contributed by atoms with Gasteiger partial charge in [0, 0.05) is 19.0 Å². The molecule has 0 aliphatic carbocycles. The molecule has 18 heavy (non-hydrogen) atoms. The topological polar surface area (TPSA) is 37.4 Å². The molecule has 0 bridgehead atoms. The van der Waals surface area contributed by atoms with E-state index in [4.69, 9.17) is 0 Å². The number of hydrogen-bond acceptors (Lipinski definition) is 2. The van der Waals surface area contributed by atoms with Crippen molar-refractivity contribution in [1.82, 2.24) is 4.90 Å². The summed E-state index contributed by atoms with van der Waals surface area (Å²) in [6.45, 7) is 2.39. The fourth-order valence-corrected chi connectivity index (χ4v) is 2.58. The van der Waals surface area contributed by atoms with Crippen LogP contribution in [0.3, 0.4) is 0 Å². The van der Waals surface area contributed by atoms with Gasteiger partial charge in [-0.15, -0.1) is 0 Å². The summed E-state index contributed by atoms with van der Waals surface area (Å²) < 4.78 is 0. The van der Waals surface area contributed by atoms with E-state index in [0.717, 1.165) is 24.9 Å². The van der Waals surface area contributed by atoms with Crippen LogP contribution >= 0.6 is 0 Å². The van der Waals surface area contributed by atoms with Crippen LogP contribution in [0.4, 0.5) is 0 Å². The van der Waals surface area contributed by atoms with Gasteiger partial charge in [-0.2, -0.15) is 0 Å². The van der Waals surface area contributed by atoms with Crippen molar-refractivity contribution in [2.75, 3.05) is 6.54 Å². The number of carbonyl (C=O) groups excluding carboxylic acids is 2. The van der Waals surface area contributed by atoms with Gasteiger partial charge in [-0.25, -0.2) is 0 Å². The molecule has 0 spiro atoms. The van der Waals surface area contributed by atoms with Crippen LogP contribution in [0, 0.1) is 0 Å². The van der Waals surface area contributed by atoms with Crippen molar-refractivity contribution in [3.05, 3.63) is 35.9 Å². The highest BCUT2D eigenvalue weighted by molar-refractivity contribution is 5.81. The molecule has 1 aromatic carbocycles. The van der Waals surface area contributed by atoms with Gasteiger partial charge in [0.15, 0.2) is 0 Å². The van der Waals surface area contributed by atoms with Crippen LogP contribution in [0.2, 0.25) is 0 Å². The summed E-state index contributed by atoms with van der Waals surface area (Å²) in [5.41, 5.74) is 1.04. The average molecular weight is 245 g/mol. The third kappa shape index (κ3) is 3.19. The highest BCUT2D eigenvalue weighted by Crippen LogP contribution is 2.21. The first kappa shape index (κ1) is 12.8. The number of hydrogen-bond donors (Lipinski definition) is 0. The Balaban J connectivity index is 1.98. The van der Waals surface area contributed by atoms with E-state index >= 15 is 0 Å². The number of rotatable bonds is 4. The molecule has 0 saturated carbocycles. The van der Waals surface area contributed by atoms with Gasteiger partial charge in [-0.1, -0.05) is 30.3 Å². The molecular formula is C15H19NO2. The molecule has 1 atom stereocenters. The van der Waals surface area contributed by atoms with Gasteiger partial charge in [0.25, 0.3) is 0 Å². The molecule has 1 amide bonds. The molecule has 1 aromatic rings. The lowest BCUT2D eigenvalue weighted by molar-refractivity contribution is -0.132. The number of amides is 1. The van der Waals surface area contributed by atoms with Gasteiger partial charge in [0.2, 0.25) is 5.91 Å². The minimum Gasteiger partial charge on any atom is -0.339 e. The van der Waals surface area contributed by atoms with Crippen LogP contribution in [-0.2, 0) is 16.0 Å². The molecule has 0 N–H and O–H groups in total. The summed E-state index contributed by atoms with van der Waals surface area (Å²) in [7, 11) is 0. The van der Waals surface area contributed by atoms with Crippen LogP contribution in [0.25, 0.3) is 0 Å². The number of benzene rings is 1. The first-order valence-electron chi connectivity index (χ1n) is 6.49. The largest absolute Gasteiger partial charge is 0.339 e. The van der Waals surface area contributed by atoms with E-state index in [1.54, 1.807) is 6.92 Å². The Bertz CT molecular complexity index is 427. The minimum atomic E-state index is 0.124. The molecule has 0 aromatic heterocycles. The van der Waals surface area contributed by atoms with Crippen molar-refractivity contribution < 1.29 is 9.59 Å². The predicted molar refractivity (Wildman–Crippen MR) is 70.2 cm³/mol. The van der Waals surface area contributed by atoms with Gasteiger partial charge < -0.3 is 4.90 Å². The van der Waals surface area contributed by atoms with Crippen LogP contribution in [-0.4, -0.2) is 29.2 Å². The van der Waals surface area contributed by atoms with Gasteiger partial charge in [0.05, 0.1) is 6.42 Å². The second-order valence-electron chi connectivity index (χ2n) is 4.95. The van der Waals surface area contributed by atoms with E-state index in [-0.39, 0.29) is 17.7 Å².